The maximum atomic E-state index is 8.56. The molecule has 6 nitrogen and oxygen atoms in total. The van der Waals surface area contributed by atoms with Crippen LogP contribution in [0.15, 0.2) is 0 Å². The van der Waals surface area contributed by atoms with Crippen LogP contribution in [-0.2, 0) is 0 Å². The van der Waals surface area contributed by atoms with E-state index in [1.165, 1.54) is 0 Å². The SMILES string of the molecule is O=C(O)O.O=C(O)O.[CaH2].[CaH2].[MgH2].[MgH2]. The fraction of sp³-hybridized carbons (Fsp3) is 0. The van der Waals surface area contributed by atoms with E-state index in [2.05, 4.69) is 0 Å². The molecule has 12 heavy (non-hydrogen) atoms. The van der Waals surface area contributed by atoms with Gasteiger partial charge in [-0.3, -0.25) is 0 Å². The maximum absolute atomic E-state index is 8.56. The Morgan fingerprint density at radius 1 is 0.667 bits per heavy atom. The van der Waals surface area contributed by atoms with Crippen molar-refractivity contribution in [2.24, 2.45) is 0 Å². The van der Waals surface area contributed by atoms with Gasteiger partial charge in [0, 0.05) is 0 Å². The molecule has 0 radical (unpaired) electrons. The van der Waals surface area contributed by atoms with Crippen LogP contribution in [0, 0.1) is 0 Å². The predicted molar refractivity (Wildman–Crippen MR) is 55.5 cm³/mol. The van der Waals surface area contributed by atoms with Gasteiger partial charge in [-0.25, -0.2) is 9.59 Å². The summed E-state index contributed by atoms with van der Waals surface area (Å²) in [6, 6.07) is 0. The molecular weight excluding hydrogens is 249 g/mol. The average molecular weight is 261 g/mol. The summed E-state index contributed by atoms with van der Waals surface area (Å²) in [4.78, 5) is 17.1. The molecule has 10 heteroatoms. The summed E-state index contributed by atoms with van der Waals surface area (Å²) in [5.41, 5.74) is 0. The fourth-order valence-electron chi connectivity index (χ4n) is 0. The van der Waals surface area contributed by atoms with E-state index in [1.54, 1.807) is 0 Å². The molecule has 0 saturated heterocycles. The second kappa shape index (κ2) is 29.2. The number of hydrogen-bond donors (Lipinski definition) is 4. The van der Waals surface area contributed by atoms with E-state index in [9.17, 15) is 0 Å². The van der Waals surface area contributed by atoms with Gasteiger partial charge in [0.1, 0.15) is 0 Å². The summed E-state index contributed by atoms with van der Waals surface area (Å²) in [6.07, 6.45) is -3.67. The number of carbonyl (C=O) groups is 2. The van der Waals surface area contributed by atoms with E-state index < -0.39 is 12.3 Å². The van der Waals surface area contributed by atoms with Gasteiger partial charge in [-0.15, -0.1) is 0 Å². The van der Waals surface area contributed by atoms with Crippen LogP contribution < -0.4 is 0 Å². The van der Waals surface area contributed by atoms with Crippen molar-refractivity contribution < 1.29 is 30.0 Å². The first kappa shape index (κ1) is 36.5. The molecule has 0 bridgehead atoms. The summed E-state index contributed by atoms with van der Waals surface area (Å²) in [5, 5.41) is 27.9. The zero-order chi connectivity index (χ0) is 7.15. The fourth-order valence-corrected chi connectivity index (χ4v) is 0. The first-order valence-corrected chi connectivity index (χ1v) is 1.30. The molecular formula is C2H12Ca2Mg2O6. The third kappa shape index (κ3) is 252. The summed E-state index contributed by atoms with van der Waals surface area (Å²) < 4.78 is 0. The molecule has 0 aromatic carbocycles. The van der Waals surface area contributed by atoms with Gasteiger partial charge in [-0.05, 0) is 0 Å². The summed E-state index contributed by atoms with van der Waals surface area (Å²) in [5.74, 6) is 0. The standard InChI is InChI=1S/2CH2O3.2Ca.2Mg.8H/c2*2-1(3)4;;;;;;;;;;;;/h2*(H2,2,3,4);;;;;;;;;;;;. The van der Waals surface area contributed by atoms with Crippen molar-refractivity contribution in [2.45, 2.75) is 0 Å². The average Bonchev–Trinajstić information content (AvgIpc) is 1.25. The van der Waals surface area contributed by atoms with Crippen LogP contribution >= 0.6 is 0 Å². The molecule has 0 aromatic rings. The van der Waals surface area contributed by atoms with Gasteiger partial charge in [0.2, 0.25) is 0 Å². The second-order valence-electron chi connectivity index (χ2n) is 0.565. The van der Waals surface area contributed by atoms with Crippen molar-refractivity contribution in [1.29, 1.82) is 0 Å². The Kier molecular flexibility index (Phi) is 88.8. The van der Waals surface area contributed by atoms with Gasteiger partial charge in [0.15, 0.2) is 0 Å². The number of hydrogen-bond acceptors (Lipinski definition) is 2. The zero-order valence-electron chi connectivity index (χ0n) is 3.61. The molecule has 4 N–H and O–H groups in total. The number of carboxylic acid groups (broad SMARTS) is 4. The van der Waals surface area contributed by atoms with Crippen molar-refractivity contribution in [2.75, 3.05) is 0 Å². The van der Waals surface area contributed by atoms with Gasteiger partial charge in [-0.1, -0.05) is 0 Å². The number of rotatable bonds is 0. The smallest absolute Gasteiger partial charge is 0.316 e. The first-order chi connectivity index (χ1) is 3.46. The van der Waals surface area contributed by atoms with Crippen LogP contribution in [0.25, 0.3) is 0 Å². The van der Waals surface area contributed by atoms with Gasteiger partial charge in [0.25, 0.3) is 0 Å². The Hall–Kier alpha value is 2.59. The van der Waals surface area contributed by atoms with Crippen molar-refractivity contribution in [1.82, 2.24) is 0 Å². The second-order valence-corrected chi connectivity index (χ2v) is 0.565. The molecule has 0 heterocycles. The van der Waals surface area contributed by atoms with Crippen LogP contribution in [0.2, 0.25) is 0 Å². The minimum Gasteiger partial charge on any atom is 0.316 e. The van der Waals surface area contributed by atoms with Crippen molar-refractivity contribution in [3.63, 3.8) is 0 Å². The van der Waals surface area contributed by atoms with E-state index in [-0.39, 0.29) is 122 Å². The van der Waals surface area contributed by atoms with Crippen LogP contribution in [0.4, 0.5) is 9.59 Å². The molecule has 0 amide bonds. The van der Waals surface area contributed by atoms with E-state index in [4.69, 9.17) is 30.0 Å². The monoisotopic (exact) mass is 260 g/mol. The Bertz CT molecular complexity index is 79.5. The molecule has 0 rings (SSSR count). The predicted octanol–water partition coefficient (Wildman–Crippen LogP) is -3.22. The van der Waals surface area contributed by atoms with Crippen molar-refractivity contribution in [3.8, 4) is 0 Å². The van der Waals surface area contributed by atoms with Gasteiger partial charge in [0.05, 0.1) is 0 Å². The van der Waals surface area contributed by atoms with Crippen LogP contribution in [-0.4, -0.2) is 154 Å². The molecule has 64 valence electrons. The largest absolute Gasteiger partial charge is 0.316 e. The van der Waals surface area contributed by atoms with Crippen LogP contribution in [0.3, 0.4) is 0 Å². The van der Waals surface area contributed by atoms with Crippen LogP contribution in [0.5, 0.6) is 0 Å². The van der Waals surface area contributed by atoms with Crippen molar-refractivity contribution in [3.05, 3.63) is 0 Å². The van der Waals surface area contributed by atoms with Crippen molar-refractivity contribution >= 4 is 134 Å². The normalized spacial score (nSPS) is 4.00. The Morgan fingerprint density at radius 3 is 0.667 bits per heavy atom. The Labute approximate surface area is 160 Å². The Morgan fingerprint density at radius 2 is 0.667 bits per heavy atom. The molecule has 0 aliphatic heterocycles. The summed E-state index contributed by atoms with van der Waals surface area (Å²) in [6.45, 7) is 0. The molecule has 0 fully saturated rings. The van der Waals surface area contributed by atoms with Gasteiger partial charge < -0.3 is 20.4 Å². The molecule has 0 unspecified atom stereocenters. The minimum absolute atomic E-state index is 0. The van der Waals surface area contributed by atoms with E-state index in [0.29, 0.717) is 0 Å². The molecule has 0 atom stereocenters. The van der Waals surface area contributed by atoms with E-state index in [1.807, 2.05) is 0 Å². The molecule has 0 spiro atoms. The summed E-state index contributed by atoms with van der Waals surface area (Å²) in [7, 11) is 0. The zero-order valence-corrected chi connectivity index (χ0v) is 3.61. The third-order valence-electron chi connectivity index (χ3n) is 0. The quantitative estimate of drug-likeness (QED) is 0.341. The maximum Gasteiger partial charge on any atom is 0.316 e. The van der Waals surface area contributed by atoms with Crippen LogP contribution in [0.1, 0.15) is 0 Å². The molecule has 0 aliphatic carbocycles. The topological polar surface area (TPSA) is 115 Å². The van der Waals surface area contributed by atoms with Gasteiger partial charge in [-0.2, -0.15) is 0 Å². The minimum atomic E-state index is -1.83. The first-order valence-electron chi connectivity index (χ1n) is 1.30. The van der Waals surface area contributed by atoms with E-state index >= 15 is 0 Å². The van der Waals surface area contributed by atoms with Gasteiger partial charge >= 0.3 is 134 Å². The molecule has 0 aromatic heterocycles. The van der Waals surface area contributed by atoms with E-state index in [0.717, 1.165) is 0 Å². The third-order valence-corrected chi connectivity index (χ3v) is 0. The molecule has 0 saturated carbocycles. The molecule has 0 aliphatic rings. The summed E-state index contributed by atoms with van der Waals surface area (Å²) >= 11 is 0. The Balaban J connectivity index is -0.0000000112.